The van der Waals surface area contributed by atoms with Crippen LogP contribution in [0.1, 0.15) is 6.92 Å². The van der Waals surface area contributed by atoms with Gasteiger partial charge in [-0.3, -0.25) is 4.79 Å². The summed E-state index contributed by atoms with van der Waals surface area (Å²) in [5.74, 6) is -0.507. The van der Waals surface area contributed by atoms with Crippen molar-refractivity contribution >= 4 is 15.6 Å². The zero-order chi connectivity index (χ0) is 8.36. The predicted molar refractivity (Wildman–Crippen MR) is 39.5 cm³/mol. The minimum Gasteiger partial charge on any atom is -0.295 e. The van der Waals surface area contributed by atoms with Crippen LogP contribution in [0.4, 0.5) is 0 Å². The van der Waals surface area contributed by atoms with E-state index in [4.69, 9.17) is 0 Å². The van der Waals surface area contributed by atoms with E-state index in [2.05, 4.69) is 6.58 Å². The first kappa shape index (κ1) is 9.36. The largest absolute Gasteiger partial charge is 0.295 e. The van der Waals surface area contributed by atoms with Crippen LogP contribution >= 0.6 is 0 Å². The molecule has 0 unspecified atom stereocenters. The molecular weight excluding hydrogens is 152 g/mol. The second kappa shape index (κ2) is 2.96. The molecule has 0 rings (SSSR count). The summed E-state index contributed by atoms with van der Waals surface area (Å²) in [4.78, 5) is 10.5. The van der Waals surface area contributed by atoms with Crippen LogP contribution in [0.25, 0.3) is 0 Å². The molecular formula is C6H10O3S. The second-order valence-electron chi connectivity index (χ2n) is 2.23. The van der Waals surface area contributed by atoms with Crippen LogP contribution in [0.15, 0.2) is 12.2 Å². The molecule has 3 nitrogen and oxygen atoms in total. The highest BCUT2D eigenvalue weighted by Crippen LogP contribution is 1.96. The molecule has 0 saturated heterocycles. The van der Waals surface area contributed by atoms with Gasteiger partial charge in [-0.15, -0.1) is 0 Å². The predicted octanol–water partition coefficient (Wildman–Crippen LogP) is 0.176. The molecule has 0 spiro atoms. The van der Waals surface area contributed by atoms with Crippen LogP contribution in [0, 0.1) is 0 Å². The molecule has 0 aromatic heterocycles. The highest BCUT2D eigenvalue weighted by Gasteiger charge is 2.07. The van der Waals surface area contributed by atoms with E-state index in [1.807, 2.05) is 0 Å². The second-order valence-corrected chi connectivity index (χ2v) is 4.37. The van der Waals surface area contributed by atoms with Crippen LogP contribution in [-0.4, -0.2) is 26.2 Å². The van der Waals surface area contributed by atoms with Crippen molar-refractivity contribution in [3.05, 3.63) is 12.2 Å². The number of carbonyl (C=O) groups is 1. The van der Waals surface area contributed by atoms with Gasteiger partial charge in [-0.05, 0) is 6.92 Å². The van der Waals surface area contributed by atoms with Gasteiger partial charge in [0.2, 0.25) is 0 Å². The molecule has 0 aliphatic heterocycles. The molecule has 0 heterocycles. The minimum atomic E-state index is -3.09. The van der Waals surface area contributed by atoms with Crippen molar-refractivity contribution in [1.82, 2.24) is 0 Å². The number of carbonyl (C=O) groups excluding carboxylic acids is 1. The van der Waals surface area contributed by atoms with Crippen LogP contribution < -0.4 is 0 Å². The molecule has 0 bridgehead atoms. The number of hydrogen-bond acceptors (Lipinski definition) is 3. The maximum atomic E-state index is 10.5. The Labute approximate surface area is 60.7 Å². The Bertz CT molecular complexity index is 248. The van der Waals surface area contributed by atoms with Gasteiger partial charge in [0, 0.05) is 11.8 Å². The Morgan fingerprint density at radius 1 is 1.50 bits per heavy atom. The summed E-state index contributed by atoms with van der Waals surface area (Å²) in [6.45, 7) is 4.61. The van der Waals surface area contributed by atoms with E-state index < -0.39 is 9.84 Å². The molecule has 0 aromatic rings. The third-order valence-corrected chi connectivity index (χ3v) is 1.81. The van der Waals surface area contributed by atoms with Gasteiger partial charge in [0.15, 0.2) is 15.6 Å². The van der Waals surface area contributed by atoms with Gasteiger partial charge >= 0.3 is 0 Å². The summed E-state index contributed by atoms with van der Waals surface area (Å²) < 4.78 is 21.1. The average Bonchev–Trinajstić information content (AvgIpc) is 1.60. The number of hydrogen-bond donors (Lipinski definition) is 0. The van der Waals surface area contributed by atoms with Gasteiger partial charge in [-0.25, -0.2) is 8.42 Å². The number of sulfone groups is 1. The Balaban J connectivity index is 4.21. The Morgan fingerprint density at radius 3 is 2.00 bits per heavy atom. The molecule has 4 heteroatoms. The van der Waals surface area contributed by atoms with Crippen molar-refractivity contribution in [2.75, 3.05) is 12.0 Å². The molecule has 0 aliphatic rings. The van der Waals surface area contributed by atoms with Gasteiger partial charge in [-0.1, -0.05) is 6.58 Å². The monoisotopic (exact) mass is 162 g/mol. The Hall–Kier alpha value is -0.640. The first-order valence-electron chi connectivity index (χ1n) is 2.69. The fourth-order valence-electron chi connectivity index (χ4n) is 0.418. The van der Waals surface area contributed by atoms with Crippen molar-refractivity contribution in [2.45, 2.75) is 6.92 Å². The third-order valence-electron chi connectivity index (χ3n) is 0.934. The summed E-state index contributed by atoms with van der Waals surface area (Å²) in [6, 6.07) is 0. The van der Waals surface area contributed by atoms with Crippen molar-refractivity contribution < 1.29 is 13.2 Å². The maximum absolute atomic E-state index is 10.5. The smallest absolute Gasteiger partial charge is 0.156 e. The van der Waals surface area contributed by atoms with Gasteiger partial charge in [0.25, 0.3) is 0 Å². The fraction of sp³-hybridized carbons (Fsp3) is 0.500. The van der Waals surface area contributed by atoms with E-state index in [9.17, 15) is 13.2 Å². The number of rotatable bonds is 3. The van der Waals surface area contributed by atoms with Gasteiger partial charge in [0.05, 0.1) is 5.75 Å². The van der Waals surface area contributed by atoms with E-state index in [0.29, 0.717) is 0 Å². The summed E-state index contributed by atoms with van der Waals surface area (Å²) in [7, 11) is -3.09. The average molecular weight is 162 g/mol. The first-order chi connectivity index (χ1) is 4.33. The highest BCUT2D eigenvalue weighted by atomic mass is 32.2. The highest BCUT2D eigenvalue weighted by molar-refractivity contribution is 7.90. The SMILES string of the molecule is C=C(CS(C)(=O)=O)C(C)=O. The van der Waals surface area contributed by atoms with E-state index in [1.54, 1.807) is 0 Å². The number of ketones is 1. The molecule has 58 valence electrons. The zero-order valence-electron chi connectivity index (χ0n) is 6.05. The quantitative estimate of drug-likeness (QED) is 0.556. The topological polar surface area (TPSA) is 51.2 Å². The molecule has 0 aromatic carbocycles. The van der Waals surface area contributed by atoms with Gasteiger partial charge < -0.3 is 0 Å². The van der Waals surface area contributed by atoms with Crippen molar-refractivity contribution in [3.8, 4) is 0 Å². The fourth-order valence-corrected chi connectivity index (χ4v) is 1.25. The molecule has 0 radical (unpaired) electrons. The van der Waals surface area contributed by atoms with Crippen molar-refractivity contribution in [1.29, 1.82) is 0 Å². The van der Waals surface area contributed by atoms with Crippen molar-refractivity contribution in [2.24, 2.45) is 0 Å². The maximum Gasteiger partial charge on any atom is 0.156 e. The lowest BCUT2D eigenvalue weighted by molar-refractivity contribution is -0.113. The van der Waals surface area contributed by atoms with Crippen molar-refractivity contribution in [3.63, 3.8) is 0 Å². The summed E-state index contributed by atoms with van der Waals surface area (Å²) >= 11 is 0. The summed E-state index contributed by atoms with van der Waals surface area (Å²) in [6.07, 6.45) is 1.07. The molecule has 0 saturated carbocycles. The Kier molecular flexibility index (Phi) is 2.77. The molecule has 10 heavy (non-hydrogen) atoms. The van der Waals surface area contributed by atoms with Crippen LogP contribution in [0.5, 0.6) is 0 Å². The standard InChI is InChI=1S/C6H10O3S/c1-5(6(2)7)4-10(3,8)9/h1,4H2,2-3H3. The van der Waals surface area contributed by atoms with Crippen LogP contribution in [0.3, 0.4) is 0 Å². The van der Waals surface area contributed by atoms with E-state index >= 15 is 0 Å². The molecule has 0 amide bonds. The molecule has 0 fully saturated rings. The summed E-state index contributed by atoms with van der Waals surface area (Å²) in [5, 5.41) is 0. The van der Waals surface area contributed by atoms with E-state index in [0.717, 1.165) is 6.26 Å². The normalized spacial score (nSPS) is 11.0. The minimum absolute atomic E-state index is 0.141. The third kappa shape index (κ3) is 4.26. The zero-order valence-corrected chi connectivity index (χ0v) is 6.86. The molecule has 0 aliphatic carbocycles. The Morgan fingerprint density at radius 2 is 1.90 bits per heavy atom. The first-order valence-corrected chi connectivity index (χ1v) is 4.75. The van der Waals surface area contributed by atoms with Gasteiger partial charge in [-0.2, -0.15) is 0 Å². The summed E-state index contributed by atoms with van der Waals surface area (Å²) in [5.41, 5.74) is 0.141. The van der Waals surface area contributed by atoms with E-state index in [1.165, 1.54) is 6.92 Å². The number of Topliss-reactive ketones (excluding diaryl/α,β-unsaturated/α-hetero) is 1. The molecule has 0 atom stereocenters. The lowest BCUT2D eigenvalue weighted by Crippen LogP contribution is -2.09. The van der Waals surface area contributed by atoms with Crippen LogP contribution in [-0.2, 0) is 14.6 Å². The lowest BCUT2D eigenvalue weighted by Gasteiger charge is -1.96. The van der Waals surface area contributed by atoms with Crippen LogP contribution in [0.2, 0.25) is 0 Å². The van der Waals surface area contributed by atoms with Gasteiger partial charge in [0.1, 0.15) is 0 Å². The van der Waals surface area contributed by atoms with E-state index in [-0.39, 0.29) is 17.1 Å². The lowest BCUT2D eigenvalue weighted by atomic mass is 10.2. The molecule has 0 N–H and O–H groups in total.